The Labute approximate surface area is 182 Å². The highest BCUT2D eigenvalue weighted by Crippen LogP contribution is 2.34. The molecular formula is C19H25Cl3FN3O2. The van der Waals surface area contributed by atoms with E-state index in [0.29, 0.717) is 24.4 Å². The van der Waals surface area contributed by atoms with E-state index in [1.54, 1.807) is 36.4 Å². The fourth-order valence-corrected chi connectivity index (χ4v) is 2.84. The number of amides is 1. The van der Waals surface area contributed by atoms with Gasteiger partial charge in [-0.25, -0.2) is 4.39 Å². The summed E-state index contributed by atoms with van der Waals surface area (Å²) in [6.07, 6.45) is 0.169. The molecule has 5 nitrogen and oxygen atoms in total. The van der Waals surface area contributed by atoms with Gasteiger partial charge in [0.2, 0.25) is 5.91 Å². The maximum Gasteiger partial charge on any atom is 0.218 e. The second kappa shape index (κ2) is 12.8. The van der Waals surface area contributed by atoms with E-state index in [0.717, 1.165) is 0 Å². The fourth-order valence-electron chi connectivity index (χ4n) is 2.66. The van der Waals surface area contributed by atoms with Gasteiger partial charge in [0.15, 0.2) is 11.6 Å². The van der Waals surface area contributed by atoms with E-state index in [9.17, 15) is 9.18 Å². The smallest absolute Gasteiger partial charge is 0.218 e. The summed E-state index contributed by atoms with van der Waals surface area (Å²) in [6.45, 7) is 3.01. The first-order chi connectivity index (χ1) is 12.4. The molecule has 28 heavy (non-hydrogen) atoms. The highest BCUT2D eigenvalue weighted by molar-refractivity contribution is 6.32. The molecular weight excluding hydrogens is 428 g/mol. The zero-order valence-corrected chi connectivity index (χ0v) is 17.8. The average Bonchev–Trinajstić information content (AvgIpc) is 2.60. The lowest BCUT2D eigenvalue weighted by atomic mass is 10.1. The molecule has 0 heterocycles. The summed E-state index contributed by atoms with van der Waals surface area (Å²) in [5.41, 5.74) is 11.3. The summed E-state index contributed by atoms with van der Waals surface area (Å²) < 4.78 is 20.6. The summed E-state index contributed by atoms with van der Waals surface area (Å²) in [4.78, 5) is 13.1. The topological polar surface area (TPSA) is 81.6 Å². The maximum atomic E-state index is 15.0. The molecule has 2 rings (SSSR count). The Kier molecular flexibility index (Phi) is 12.1. The van der Waals surface area contributed by atoms with Gasteiger partial charge in [0.05, 0.1) is 5.02 Å². The van der Waals surface area contributed by atoms with E-state index in [1.165, 1.54) is 0 Å². The number of carbonyl (C=O) groups excluding carboxylic acids is 1. The number of primary amides is 1. The molecule has 1 unspecified atom stereocenters. The van der Waals surface area contributed by atoms with Crippen LogP contribution in [-0.4, -0.2) is 29.9 Å². The van der Waals surface area contributed by atoms with Gasteiger partial charge in [0.1, 0.15) is 5.75 Å². The Bertz CT molecular complexity index is 751. The third kappa shape index (κ3) is 7.45. The molecule has 1 amide bonds. The van der Waals surface area contributed by atoms with Crippen molar-refractivity contribution in [3.63, 3.8) is 0 Å². The standard InChI is InChI=1S/C19H23ClFN3O2.2ClH/c1-13(11-17(23)25)24(10-9-22)12-14-7-8-16(20)19(18(14)21)26-15-5-3-2-4-6-15;;/h2-8,13H,9-12,22H2,1H3,(H2,23,25);2*1H. The molecule has 0 radical (unpaired) electrons. The molecule has 1 atom stereocenters. The number of benzene rings is 2. The highest BCUT2D eigenvalue weighted by Gasteiger charge is 2.20. The molecule has 0 fully saturated rings. The average molecular weight is 453 g/mol. The minimum absolute atomic E-state index is 0. The van der Waals surface area contributed by atoms with Crippen LogP contribution in [0.5, 0.6) is 11.5 Å². The quantitative estimate of drug-likeness (QED) is 0.599. The largest absolute Gasteiger partial charge is 0.453 e. The zero-order valence-electron chi connectivity index (χ0n) is 15.4. The van der Waals surface area contributed by atoms with Crippen LogP contribution in [0.1, 0.15) is 18.9 Å². The van der Waals surface area contributed by atoms with Crippen molar-refractivity contribution in [1.29, 1.82) is 0 Å². The normalized spacial score (nSPS) is 11.3. The van der Waals surface area contributed by atoms with Gasteiger partial charge in [-0.15, -0.1) is 24.8 Å². The van der Waals surface area contributed by atoms with Crippen LogP contribution in [0.4, 0.5) is 4.39 Å². The first kappa shape index (κ1) is 26.4. The second-order valence-electron chi connectivity index (χ2n) is 6.04. The number of nitrogens with two attached hydrogens (primary N) is 2. The van der Waals surface area contributed by atoms with E-state index >= 15 is 0 Å². The number of hydrogen-bond acceptors (Lipinski definition) is 4. The van der Waals surface area contributed by atoms with E-state index in [1.807, 2.05) is 17.9 Å². The van der Waals surface area contributed by atoms with Crippen molar-refractivity contribution in [3.05, 3.63) is 58.9 Å². The van der Waals surface area contributed by atoms with Crippen LogP contribution in [0.25, 0.3) is 0 Å². The van der Waals surface area contributed by atoms with Gasteiger partial charge < -0.3 is 16.2 Å². The second-order valence-corrected chi connectivity index (χ2v) is 6.45. The molecule has 0 aliphatic carbocycles. The highest BCUT2D eigenvalue weighted by atomic mass is 35.5. The Morgan fingerprint density at radius 2 is 1.86 bits per heavy atom. The van der Waals surface area contributed by atoms with Gasteiger partial charge in [-0.1, -0.05) is 35.9 Å². The Morgan fingerprint density at radius 1 is 1.21 bits per heavy atom. The minimum Gasteiger partial charge on any atom is -0.453 e. The van der Waals surface area contributed by atoms with Crippen molar-refractivity contribution in [3.8, 4) is 11.5 Å². The SMILES string of the molecule is CC(CC(N)=O)N(CCN)Cc1ccc(Cl)c(Oc2ccccc2)c1F.Cl.Cl. The zero-order chi connectivity index (χ0) is 19.1. The fraction of sp³-hybridized carbons (Fsp3) is 0.316. The van der Waals surface area contributed by atoms with Gasteiger partial charge in [0.25, 0.3) is 0 Å². The van der Waals surface area contributed by atoms with Crippen molar-refractivity contribution in [2.24, 2.45) is 11.5 Å². The third-order valence-electron chi connectivity index (χ3n) is 4.00. The molecule has 0 saturated heterocycles. The van der Waals surface area contributed by atoms with Crippen LogP contribution in [0, 0.1) is 5.82 Å². The van der Waals surface area contributed by atoms with Gasteiger partial charge in [0, 0.05) is 37.7 Å². The molecule has 0 saturated carbocycles. The van der Waals surface area contributed by atoms with Crippen LogP contribution in [0.2, 0.25) is 5.02 Å². The summed E-state index contributed by atoms with van der Waals surface area (Å²) in [5.74, 6) is -0.476. The van der Waals surface area contributed by atoms with Crippen molar-refractivity contribution in [1.82, 2.24) is 4.90 Å². The number of carbonyl (C=O) groups is 1. The van der Waals surface area contributed by atoms with Gasteiger partial charge >= 0.3 is 0 Å². The van der Waals surface area contributed by atoms with Gasteiger partial charge in [-0.05, 0) is 25.1 Å². The predicted octanol–water partition coefficient (Wildman–Crippen LogP) is 4.14. The van der Waals surface area contributed by atoms with E-state index in [4.69, 9.17) is 27.8 Å². The van der Waals surface area contributed by atoms with Crippen LogP contribution in [0.15, 0.2) is 42.5 Å². The van der Waals surface area contributed by atoms with Gasteiger partial charge in [-0.3, -0.25) is 9.69 Å². The molecule has 0 aliphatic rings. The van der Waals surface area contributed by atoms with Gasteiger partial charge in [-0.2, -0.15) is 0 Å². The third-order valence-corrected chi connectivity index (χ3v) is 4.30. The molecule has 9 heteroatoms. The molecule has 156 valence electrons. The lowest BCUT2D eigenvalue weighted by Gasteiger charge is -2.28. The van der Waals surface area contributed by atoms with Crippen LogP contribution in [0.3, 0.4) is 0 Å². The summed E-state index contributed by atoms with van der Waals surface area (Å²) in [7, 11) is 0. The molecule has 0 spiro atoms. The first-order valence-corrected chi connectivity index (χ1v) is 8.72. The molecule has 4 N–H and O–H groups in total. The Hall–Kier alpha value is -1.57. The maximum absolute atomic E-state index is 15.0. The monoisotopic (exact) mass is 451 g/mol. The number of rotatable bonds is 9. The number of ether oxygens (including phenoxy) is 1. The lowest BCUT2D eigenvalue weighted by molar-refractivity contribution is -0.119. The van der Waals surface area contributed by atoms with Crippen molar-refractivity contribution < 1.29 is 13.9 Å². The van der Waals surface area contributed by atoms with Crippen molar-refractivity contribution in [2.75, 3.05) is 13.1 Å². The number of para-hydroxylation sites is 1. The molecule has 0 bridgehead atoms. The van der Waals surface area contributed by atoms with Crippen LogP contribution >= 0.6 is 36.4 Å². The van der Waals surface area contributed by atoms with Crippen LogP contribution in [-0.2, 0) is 11.3 Å². The number of hydrogen-bond donors (Lipinski definition) is 2. The summed E-state index contributed by atoms with van der Waals surface area (Å²) >= 11 is 6.12. The van der Waals surface area contributed by atoms with E-state index < -0.39 is 11.7 Å². The van der Waals surface area contributed by atoms with E-state index in [-0.39, 0.29) is 54.6 Å². The minimum atomic E-state index is -0.533. The van der Waals surface area contributed by atoms with Crippen molar-refractivity contribution in [2.45, 2.75) is 25.9 Å². The predicted molar refractivity (Wildman–Crippen MR) is 115 cm³/mol. The first-order valence-electron chi connectivity index (χ1n) is 8.34. The number of nitrogens with zero attached hydrogens (tertiary/aromatic N) is 1. The summed E-state index contributed by atoms with van der Waals surface area (Å²) in [6, 6.07) is 11.9. The molecule has 2 aromatic carbocycles. The lowest BCUT2D eigenvalue weighted by Crippen LogP contribution is -2.39. The number of halogens is 4. The summed E-state index contributed by atoms with van der Waals surface area (Å²) in [5, 5.41) is 0.186. The molecule has 2 aromatic rings. The molecule has 0 aliphatic heterocycles. The van der Waals surface area contributed by atoms with Crippen molar-refractivity contribution >= 4 is 42.3 Å². The molecule has 0 aromatic heterocycles. The Balaban J connectivity index is 0.00000364. The van der Waals surface area contributed by atoms with E-state index in [2.05, 4.69) is 0 Å². The Morgan fingerprint density at radius 3 is 2.43 bits per heavy atom. The van der Waals surface area contributed by atoms with Crippen LogP contribution < -0.4 is 16.2 Å².